The van der Waals surface area contributed by atoms with Gasteiger partial charge < -0.3 is 9.32 Å². The van der Waals surface area contributed by atoms with Crippen LogP contribution in [0.4, 0.5) is 11.4 Å². The molecule has 8 heteroatoms. The fourth-order valence-corrected chi connectivity index (χ4v) is 3.27. The van der Waals surface area contributed by atoms with Crippen molar-refractivity contribution in [3.63, 3.8) is 0 Å². The molecule has 4 rings (SSSR count). The molecule has 0 radical (unpaired) electrons. The molecular weight excluding hydrogens is 358 g/mol. The molecule has 0 bridgehead atoms. The quantitative estimate of drug-likeness (QED) is 0.496. The van der Waals surface area contributed by atoms with E-state index >= 15 is 0 Å². The molecule has 0 spiro atoms. The van der Waals surface area contributed by atoms with Crippen molar-refractivity contribution in [2.24, 2.45) is 0 Å². The van der Waals surface area contributed by atoms with E-state index in [1.807, 2.05) is 31.2 Å². The molecule has 1 aliphatic rings. The van der Waals surface area contributed by atoms with E-state index in [1.54, 1.807) is 24.3 Å². The maximum Gasteiger partial charge on any atom is 0.269 e. The molecule has 0 atom stereocenters. The number of non-ortho nitro benzene ring substituents is 1. The number of nitro benzene ring substituents is 1. The Morgan fingerprint density at radius 1 is 1.00 bits per heavy atom. The Hall–Kier alpha value is -3.26. The standard InChI is InChI=1S/C20H21N5O3/c1-15-2-4-16(5-3-15)20-22-21-19(28-20)14-23-10-12-24(13-11-23)17-6-8-18(9-7-17)25(26)27/h2-9H,10-14H2,1H3. The summed E-state index contributed by atoms with van der Waals surface area (Å²) in [4.78, 5) is 14.9. The lowest BCUT2D eigenvalue weighted by Crippen LogP contribution is -2.46. The van der Waals surface area contributed by atoms with Crippen molar-refractivity contribution in [1.82, 2.24) is 15.1 Å². The van der Waals surface area contributed by atoms with Crippen LogP contribution >= 0.6 is 0 Å². The minimum atomic E-state index is -0.378. The minimum absolute atomic E-state index is 0.114. The number of hydrogen-bond acceptors (Lipinski definition) is 7. The summed E-state index contributed by atoms with van der Waals surface area (Å²) >= 11 is 0. The largest absolute Gasteiger partial charge is 0.419 e. The maximum atomic E-state index is 10.8. The Morgan fingerprint density at radius 3 is 2.32 bits per heavy atom. The average Bonchev–Trinajstić information content (AvgIpc) is 3.18. The second kappa shape index (κ2) is 7.77. The van der Waals surface area contributed by atoms with Crippen LogP contribution in [0, 0.1) is 17.0 Å². The van der Waals surface area contributed by atoms with Gasteiger partial charge in [0.1, 0.15) is 0 Å². The van der Waals surface area contributed by atoms with Crippen LogP contribution in [0.1, 0.15) is 11.5 Å². The summed E-state index contributed by atoms with van der Waals surface area (Å²) in [6, 6.07) is 14.7. The molecule has 1 saturated heterocycles. The number of hydrogen-bond donors (Lipinski definition) is 0. The van der Waals surface area contributed by atoms with Crippen molar-refractivity contribution >= 4 is 11.4 Å². The molecule has 0 saturated carbocycles. The first-order valence-electron chi connectivity index (χ1n) is 9.20. The highest BCUT2D eigenvalue weighted by molar-refractivity contribution is 5.53. The van der Waals surface area contributed by atoms with Gasteiger partial charge in [0.2, 0.25) is 11.8 Å². The molecule has 0 N–H and O–H groups in total. The van der Waals surface area contributed by atoms with E-state index in [9.17, 15) is 10.1 Å². The third-order valence-corrected chi connectivity index (χ3v) is 4.92. The molecule has 144 valence electrons. The number of nitro groups is 1. The zero-order valence-electron chi connectivity index (χ0n) is 15.6. The minimum Gasteiger partial charge on any atom is -0.419 e. The van der Waals surface area contributed by atoms with E-state index in [0.717, 1.165) is 37.4 Å². The number of rotatable bonds is 5. The van der Waals surface area contributed by atoms with Crippen molar-refractivity contribution in [2.75, 3.05) is 31.1 Å². The van der Waals surface area contributed by atoms with E-state index in [4.69, 9.17) is 4.42 Å². The molecule has 1 aromatic heterocycles. The van der Waals surface area contributed by atoms with Gasteiger partial charge in [-0.25, -0.2) is 0 Å². The predicted molar refractivity (Wildman–Crippen MR) is 105 cm³/mol. The molecule has 3 aromatic rings. The lowest BCUT2D eigenvalue weighted by molar-refractivity contribution is -0.384. The van der Waals surface area contributed by atoms with E-state index in [1.165, 1.54) is 5.56 Å². The summed E-state index contributed by atoms with van der Waals surface area (Å²) in [7, 11) is 0. The average molecular weight is 379 g/mol. The lowest BCUT2D eigenvalue weighted by atomic mass is 10.1. The van der Waals surface area contributed by atoms with Gasteiger partial charge in [0.05, 0.1) is 11.5 Å². The van der Waals surface area contributed by atoms with Crippen LogP contribution in [-0.2, 0) is 6.54 Å². The first kappa shape index (κ1) is 18.1. The fourth-order valence-electron chi connectivity index (χ4n) is 3.27. The van der Waals surface area contributed by atoms with Crippen LogP contribution in [0.25, 0.3) is 11.5 Å². The van der Waals surface area contributed by atoms with Crippen molar-refractivity contribution < 1.29 is 9.34 Å². The maximum absolute atomic E-state index is 10.8. The number of nitrogens with zero attached hydrogens (tertiary/aromatic N) is 5. The number of benzene rings is 2. The third-order valence-electron chi connectivity index (χ3n) is 4.92. The van der Waals surface area contributed by atoms with Gasteiger partial charge in [-0.2, -0.15) is 0 Å². The van der Waals surface area contributed by atoms with Crippen LogP contribution in [-0.4, -0.2) is 46.2 Å². The number of aryl methyl sites for hydroxylation is 1. The van der Waals surface area contributed by atoms with Crippen molar-refractivity contribution in [2.45, 2.75) is 13.5 Å². The van der Waals surface area contributed by atoms with Crippen molar-refractivity contribution in [3.8, 4) is 11.5 Å². The van der Waals surface area contributed by atoms with Gasteiger partial charge in [-0.15, -0.1) is 10.2 Å². The zero-order valence-corrected chi connectivity index (χ0v) is 15.6. The monoisotopic (exact) mass is 379 g/mol. The molecule has 0 aliphatic carbocycles. The summed E-state index contributed by atoms with van der Waals surface area (Å²) in [5.74, 6) is 1.15. The SMILES string of the molecule is Cc1ccc(-c2nnc(CN3CCN(c4ccc([N+](=O)[O-])cc4)CC3)o2)cc1. The lowest BCUT2D eigenvalue weighted by Gasteiger charge is -2.35. The van der Waals surface area contributed by atoms with Gasteiger partial charge in [0.15, 0.2) is 0 Å². The molecule has 2 heterocycles. The van der Waals surface area contributed by atoms with E-state index in [2.05, 4.69) is 20.0 Å². The Labute approximate surface area is 162 Å². The summed E-state index contributed by atoms with van der Waals surface area (Å²) in [5.41, 5.74) is 3.23. The van der Waals surface area contributed by atoms with Crippen molar-refractivity contribution in [3.05, 3.63) is 70.1 Å². The predicted octanol–water partition coefficient (Wildman–Crippen LogP) is 3.28. The zero-order chi connectivity index (χ0) is 19.5. The first-order chi connectivity index (χ1) is 13.6. The second-order valence-corrected chi connectivity index (χ2v) is 6.90. The summed E-state index contributed by atoms with van der Waals surface area (Å²) in [6.45, 7) is 6.07. The van der Waals surface area contributed by atoms with Crippen LogP contribution in [0.15, 0.2) is 52.9 Å². The van der Waals surface area contributed by atoms with E-state index in [-0.39, 0.29) is 10.6 Å². The van der Waals surface area contributed by atoms with Crippen molar-refractivity contribution in [1.29, 1.82) is 0 Å². The van der Waals surface area contributed by atoms with Crippen LogP contribution in [0.3, 0.4) is 0 Å². The Morgan fingerprint density at radius 2 is 1.68 bits per heavy atom. The van der Waals surface area contributed by atoms with Crippen LogP contribution < -0.4 is 4.90 Å². The first-order valence-corrected chi connectivity index (χ1v) is 9.20. The van der Waals surface area contributed by atoms with Gasteiger partial charge in [0, 0.05) is 49.6 Å². The Balaban J connectivity index is 1.33. The highest BCUT2D eigenvalue weighted by Gasteiger charge is 2.20. The summed E-state index contributed by atoms with van der Waals surface area (Å²) < 4.78 is 5.82. The normalized spacial score (nSPS) is 15.0. The number of piperazine rings is 1. The highest BCUT2D eigenvalue weighted by Crippen LogP contribution is 2.22. The molecule has 2 aromatic carbocycles. The Bertz CT molecular complexity index is 945. The molecular formula is C20H21N5O3. The van der Waals surface area contributed by atoms with Gasteiger partial charge in [-0.3, -0.25) is 15.0 Å². The molecule has 1 aliphatic heterocycles. The Kier molecular flexibility index (Phi) is 5.03. The summed E-state index contributed by atoms with van der Waals surface area (Å²) in [6.07, 6.45) is 0. The number of anilines is 1. The van der Waals surface area contributed by atoms with Gasteiger partial charge in [-0.1, -0.05) is 17.7 Å². The van der Waals surface area contributed by atoms with Gasteiger partial charge in [-0.05, 0) is 31.2 Å². The molecule has 0 amide bonds. The molecule has 8 nitrogen and oxygen atoms in total. The van der Waals surface area contributed by atoms with Gasteiger partial charge >= 0.3 is 0 Å². The van der Waals surface area contributed by atoms with E-state index in [0.29, 0.717) is 18.3 Å². The summed E-state index contributed by atoms with van der Waals surface area (Å²) in [5, 5.41) is 19.1. The van der Waals surface area contributed by atoms with Crippen LogP contribution in [0.2, 0.25) is 0 Å². The van der Waals surface area contributed by atoms with Crippen LogP contribution in [0.5, 0.6) is 0 Å². The molecule has 1 fully saturated rings. The molecule has 28 heavy (non-hydrogen) atoms. The number of aromatic nitrogens is 2. The smallest absolute Gasteiger partial charge is 0.269 e. The van der Waals surface area contributed by atoms with E-state index < -0.39 is 0 Å². The second-order valence-electron chi connectivity index (χ2n) is 6.90. The molecule has 0 unspecified atom stereocenters. The van der Waals surface area contributed by atoms with Gasteiger partial charge in [0.25, 0.3) is 5.69 Å². The topological polar surface area (TPSA) is 88.5 Å². The highest BCUT2D eigenvalue weighted by atomic mass is 16.6. The fraction of sp³-hybridized carbons (Fsp3) is 0.300. The third kappa shape index (κ3) is 4.01.